The van der Waals surface area contributed by atoms with Crippen LogP contribution in [0, 0.1) is 6.92 Å². The van der Waals surface area contributed by atoms with E-state index in [2.05, 4.69) is 10.6 Å². The average Bonchev–Trinajstić information content (AvgIpc) is 2.38. The zero-order chi connectivity index (χ0) is 12.8. The molecule has 1 amide bonds. The summed E-state index contributed by atoms with van der Waals surface area (Å²) in [5, 5.41) is 6.25. The number of rotatable bonds is 4. The van der Waals surface area contributed by atoms with Gasteiger partial charge in [0.15, 0.2) is 0 Å². The molecular weight excluding hydrogens is 244 g/mol. The van der Waals surface area contributed by atoms with Gasteiger partial charge in [-0.1, -0.05) is 12.1 Å². The molecule has 4 heteroatoms. The van der Waals surface area contributed by atoms with Crippen molar-refractivity contribution in [3.05, 3.63) is 29.8 Å². The SMILES string of the molecule is Cc1cccc(NC(=O)CNC2CCSCC2)c1. The van der Waals surface area contributed by atoms with Crippen molar-refractivity contribution in [1.82, 2.24) is 5.32 Å². The molecule has 0 unspecified atom stereocenters. The second kappa shape index (κ2) is 6.81. The highest BCUT2D eigenvalue weighted by atomic mass is 32.2. The first-order valence-corrected chi connectivity index (χ1v) is 7.57. The zero-order valence-electron chi connectivity index (χ0n) is 10.7. The molecule has 1 aromatic rings. The molecule has 1 aromatic carbocycles. The molecule has 0 atom stereocenters. The van der Waals surface area contributed by atoms with Gasteiger partial charge in [0, 0.05) is 11.7 Å². The Bertz CT molecular complexity index is 403. The van der Waals surface area contributed by atoms with Crippen LogP contribution < -0.4 is 10.6 Å². The number of thioether (sulfide) groups is 1. The number of amides is 1. The van der Waals surface area contributed by atoms with E-state index in [1.807, 2.05) is 43.0 Å². The first-order chi connectivity index (χ1) is 8.74. The Labute approximate surface area is 113 Å². The van der Waals surface area contributed by atoms with Gasteiger partial charge in [0.25, 0.3) is 0 Å². The Morgan fingerprint density at radius 3 is 2.89 bits per heavy atom. The lowest BCUT2D eigenvalue weighted by Gasteiger charge is -2.22. The van der Waals surface area contributed by atoms with Crippen LogP contribution in [0.4, 0.5) is 5.69 Å². The second-order valence-corrected chi connectivity index (χ2v) is 5.91. The van der Waals surface area contributed by atoms with Crippen molar-refractivity contribution in [3.63, 3.8) is 0 Å². The first kappa shape index (κ1) is 13.4. The van der Waals surface area contributed by atoms with Crippen LogP contribution in [0.1, 0.15) is 18.4 Å². The maximum atomic E-state index is 11.8. The van der Waals surface area contributed by atoms with E-state index >= 15 is 0 Å². The van der Waals surface area contributed by atoms with Gasteiger partial charge >= 0.3 is 0 Å². The van der Waals surface area contributed by atoms with Crippen molar-refractivity contribution < 1.29 is 4.79 Å². The van der Waals surface area contributed by atoms with Gasteiger partial charge in [-0.2, -0.15) is 11.8 Å². The Kier molecular flexibility index (Phi) is 5.08. The van der Waals surface area contributed by atoms with Crippen molar-refractivity contribution in [2.45, 2.75) is 25.8 Å². The molecule has 1 heterocycles. The first-order valence-electron chi connectivity index (χ1n) is 6.42. The van der Waals surface area contributed by atoms with Crippen molar-refractivity contribution in [3.8, 4) is 0 Å². The van der Waals surface area contributed by atoms with Gasteiger partial charge in [-0.15, -0.1) is 0 Å². The van der Waals surface area contributed by atoms with E-state index in [4.69, 9.17) is 0 Å². The molecule has 0 aliphatic carbocycles. The Morgan fingerprint density at radius 2 is 2.17 bits per heavy atom. The topological polar surface area (TPSA) is 41.1 Å². The van der Waals surface area contributed by atoms with Gasteiger partial charge in [-0.05, 0) is 49.0 Å². The summed E-state index contributed by atoms with van der Waals surface area (Å²) in [5.41, 5.74) is 2.03. The fraction of sp³-hybridized carbons (Fsp3) is 0.500. The monoisotopic (exact) mass is 264 g/mol. The van der Waals surface area contributed by atoms with E-state index in [0.717, 1.165) is 11.3 Å². The molecule has 0 spiro atoms. The summed E-state index contributed by atoms with van der Waals surface area (Å²) < 4.78 is 0. The van der Waals surface area contributed by atoms with Crippen LogP contribution in [0.25, 0.3) is 0 Å². The summed E-state index contributed by atoms with van der Waals surface area (Å²) in [6.07, 6.45) is 2.34. The van der Waals surface area contributed by atoms with Gasteiger partial charge < -0.3 is 10.6 Å². The zero-order valence-corrected chi connectivity index (χ0v) is 11.6. The number of hydrogen-bond acceptors (Lipinski definition) is 3. The van der Waals surface area contributed by atoms with E-state index in [1.165, 1.54) is 24.3 Å². The third kappa shape index (κ3) is 4.35. The number of aryl methyl sites for hydroxylation is 1. The van der Waals surface area contributed by atoms with Crippen molar-refractivity contribution >= 4 is 23.4 Å². The second-order valence-electron chi connectivity index (χ2n) is 4.69. The summed E-state index contributed by atoms with van der Waals surface area (Å²) in [5.74, 6) is 2.45. The predicted molar refractivity (Wildman–Crippen MR) is 78.2 cm³/mol. The number of carbonyl (C=O) groups excluding carboxylic acids is 1. The smallest absolute Gasteiger partial charge is 0.238 e. The lowest BCUT2D eigenvalue weighted by atomic mass is 10.1. The largest absolute Gasteiger partial charge is 0.325 e. The Hall–Kier alpha value is -1.00. The predicted octanol–water partition coefficient (Wildman–Crippen LogP) is 2.42. The molecule has 1 fully saturated rings. The lowest BCUT2D eigenvalue weighted by Crippen LogP contribution is -2.38. The quantitative estimate of drug-likeness (QED) is 0.877. The Morgan fingerprint density at radius 1 is 1.39 bits per heavy atom. The molecule has 0 radical (unpaired) electrons. The number of carbonyl (C=O) groups is 1. The number of benzene rings is 1. The standard InChI is InChI=1S/C14H20N2OS/c1-11-3-2-4-13(9-11)16-14(17)10-15-12-5-7-18-8-6-12/h2-4,9,12,15H,5-8,10H2,1H3,(H,16,17). The van der Waals surface area contributed by atoms with Crippen LogP contribution in [0.3, 0.4) is 0 Å². The molecule has 0 saturated carbocycles. The van der Waals surface area contributed by atoms with Crippen LogP contribution in [0.2, 0.25) is 0 Å². The molecule has 1 saturated heterocycles. The van der Waals surface area contributed by atoms with Crippen LogP contribution in [-0.4, -0.2) is 30.0 Å². The molecule has 2 N–H and O–H groups in total. The molecule has 1 aliphatic rings. The van der Waals surface area contributed by atoms with Crippen molar-refractivity contribution in [2.75, 3.05) is 23.4 Å². The van der Waals surface area contributed by atoms with Gasteiger partial charge in [-0.25, -0.2) is 0 Å². The third-order valence-corrected chi connectivity index (χ3v) is 4.12. The van der Waals surface area contributed by atoms with Gasteiger partial charge in [0.1, 0.15) is 0 Å². The summed E-state index contributed by atoms with van der Waals surface area (Å²) in [6.45, 7) is 2.43. The van der Waals surface area contributed by atoms with E-state index in [0.29, 0.717) is 12.6 Å². The van der Waals surface area contributed by atoms with E-state index < -0.39 is 0 Å². The summed E-state index contributed by atoms with van der Waals surface area (Å²) >= 11 is 2.00. The van der Waals surface area contributed by atoms with Crippen LogP contribution in [0.15, 0.2) is 24.3 Å². The molecular formula is C14H20N2OS. The summed E-state index contributed by atoms with van der Waals surface area (Å²) in [7, 11) is 0. The normalized spacial score (nSPS) is 16.5. The minimum absolute atomic E-state index is 0.0406. The van der Waals surface area contributed by atoms with E-state index in [1.54, 1.807) is 0 Å². The fourth-order valence-corrected chi connectivity index (χ4v) is 3.17. The van der Waals surface area contributed by atoms with Gasteiger partial charge in [0.05, 0.1) is 6.54 Å². The highest BCUT2D eigenvalue weighted by Gasteiger charge is 2.14. The van der Waals surface area contributed by atoms with Crippen molar-refractivity contribution in [1.29, 1.82) is 0 Å². The molecule has 98 valence electrons. The van der Waals surface area contributed by atoms with E-state index in [-0.39, 0.29) is 5.91 Å². The average molecular weight is 264 g/mol. The van der Waals surface area contributed by atoms with E-state index in [9.17, 15) is 4.79 Å². The molecule has 0 bridgehead atoms. The molecule has 18 heavy (non-hydrogen) atoms. The Balaban J connectivity index is 1.74. The van der Waals surface area contributed by atoms with Gasteiger partial charge in [-0.3, -0.25) is 4.79 Å². The number of anilines is 1. The summed E-state index contributed by atoms with van der Waals surface area (Å²) in [6, 6.07) is 8.39. The van der Waals surface area contributed by atoms with Crippen LogP contribution in [0.5, 0.6) is 0 Å². The molecule has 2 rings (SSSR count). The van der Waals surface area contributed by atoms with Crippen LogP contribution >= 0.6 is 11.8 Å². The molecule has 3 nitrogen and oxygen atoms in total. The number of hydrogen-bond donors (Lipinski definition) is 2. The third-order valence-electron chi connectivity index (χ3n) is 3.07. The molecule has 0 aromatic heterocycles. The van der Waals surface area contributed by atoms with Crippen LogP contribution in [-0.2, 0) is 4.79 Å². The van der Waals surface area contributed by atoms with Gasteiger partial charge in [0.2, 0.25) is 5.91 Å². The maximum Gasteiger partial charge on any atom is 0.238 e. The lowest BCUT2D eigenvalue weighted by molar-refractivity contribution is -0.115. The number of nitrogens with one attached hydrogen (secondary N) is 2. The summed E-state index contributed by atoms with van der Waals surface area (Å²) in [4.78, 5) is 11.8. The maximum absolute atomic E-state index is 11.8. The fourth-order valence-electron chi connectivity index (χ4n) is 2.07. The minimum Gasteiger partial charge on any atom is -0.325 e. The highest BCUT2D eigenvalue weighted by Crippen LogP contribution is 2.16. The molecule has 1 aliphatic heterocycles. The highest BCUT2D eigenvalue weighted by molar-refractivity contribution is 7.99. The minimum atomic E-state index is 0.0406. The van der Waals surface area contributed by atoms with Crippen molar-refractivity contribution in [2.24, 2.45) is 0 Å².